The summed E-state index contributed by atoms with van der Waals surface area (Å²) in [7, 11) is 0. The molecule has 0 aliphatic rings. The molecular formula is C32H62O4. The molecule has 0 rings (SSSR count). The van der Waals surface area contributed by atoms with Crippen LogP contribution in [0.3, 0.4) is 0 Å². The maximum absolute atomic E-state index is 12.5. The van der Waals surface area contributed by atoms with Crippen molar-refractivity contribution in [1.29, 1.82) is 0 Å². The van der Waals surface area contributed by atoms with Gasteiger partial charge in [0.2, 0.25) is 0 Å². The second kappa shape index (κ2) is 25.6. The van der Waals surface area contributed by atoms with Gasteiger partial charge in [0.25, 0.3) is 0 Å². The predicted octanol–water partition coefficient (Wildman–Crippen LogP) is 10.7. The topological polar surface area (TPSA) is 74.6 Å². The van der Waals surface area contributed by atoms with Crippen molar-refractivity contribution in [3.05, 3.63) is 0 Å². The van der Waals surface area contributed by atoms with E-state index >= 15 is 0 Å². The standard InChI is InChI=1S/C32H62O4/c1-3-5-7-9-11-13-15-17-19-23-27-32(31(35)36,29-25-21-22-26-30(33)34)28-24-20-18-16-14-12-10-8-6-4-2/h3-29H2,1-2H3,(H,33,34)(H,35,36). The van der Waals surface area contributed by atoms with Crippen LogP contribution in [0.1, 0.15) is 187 Å². The average molecular weight is 511 g/mol. The lowest BCUT2D eigenvalue weighted by atomic mass is 9.74. The lowest BCUT2D eigenvalue weighted by molar-refractivity contribution is -0.151. The van der Waals surface area contributed by atoms with Gasteiger partial charge >= 0.3 is 11.9 Å². The van der Waals surface area contributed by atoms with Gasteiger partial charge in [0.05, 0.1) is 5.41 Å². The molecule has 0 saturated heterocycles. The highest BCUT2D eigenvalue weighted by Gasteiger charge is 2.36. The quantitative estimate of drug-likeness (QED) is 0.0981. The van der Waals surface area contributed by atoms with Crippen molar-refractivity contribution < 1.29 is 19.8 Å². The first-order valence-corrected chi connectivity index (χ1v) is 15.9. The van der Waals surface area contributed by atoms with Crippen LogP contribution in [0, 0.1) is 5.41 Å². The summed E-state index contributed by atoms with van der Waals surface area (Å²) in [6, 6.07) is 0. The highest BCUT2D eigenvalue weighted by atomic mass is 16.4. The predicted molar refractivity (Wildman–Crippen MR) is 154 cm³/mol. The first-order chi connectivity index (χ1) is 17.5. The average Bonchev–Trinajstić information content (AvgIpc) is 2.85. The molecule has 0 unspecified atom stereocenters. The Labute approximate surface area is 224 Å². The van der Waals surface area contributed by atoms with E-state index < -0.39 is 17.4 Å². The Balaban J connectivity index is 4.38. The third-order valence-electron chi connectivity index (χ3n) is 8.02. The molecule has 0 heterocycles. The van der Waals surface area contributed by atoms with Gasteiger partial charge in [-0.25, -0.2) is 0 Å². The Kier molecular flexibility index (Phi) is 24.8. The fourth-order valence-corrected chi connectivity index (χ4v) is 5.51. The summed E-state index contributed by atoms with van der Waals surface area (Å²) in [5, 5.41) is 19.1. The molecule has 0 aromatic heterocycles. The van der Waals surface area contributed by atoms with Crippen LogP contribution < -0.4 is 0 Å². The normalized spacial score (nSPS) is 11.7. The molecule has 0 saturated carbocycles. The first-order valence-electron chi connectivity index (χ1n) is 15.9. The molecule has 0 fully saturated rings. The van der Waals surface area contributed by atoms with E-state index in [0.29, 0.717) is 12.8 Å². The van der Waals surface area contributed by atoms with Crippen molar-refractivity contribution in [3.63, 3.8) is 0 Å². The summed E-state index contributed by atoms with van der Waals surface area (Å²) >= 11 is 0. The maximum atomic E-state index is 12.5. The molecule has 0 aromatic rings. The van der Waals surface area contributed by atoms with E-state index in [9.17, 15) is 14.7 Å². The first kappa shape index (κ1) is 34.9. The molecule has 0 bridgehead atoms. The minimum absolute atomic E-state index is 0.191. The highest BCUT2D eigenvalue weighted by molar-refractivity contribution is 5.74. The molecule has 0 amide bonds. The van der Waals surface area contributed by atoms with E-state index in [1.54, 1.807) is 0 Å². The molecule has 2 N–H and O–H groups in total. The lowest BCUT2D eigenvalue weighted by Gasteiger charge is -2.30. The van der Waals surface area contributed by atoms with E-state index in [4.69, 9.17) is 5.11 Å². The maximum Gasteiger partial charge on any atom is 0.309 e. The van der Waals surface area contributed by atoms with Gasteiger partial charge in [-0.2, -0.15) is 0 Å². The van der Waals surface area contributed by atoms with Crippen molar-refractivity contribution in [2.75, 3.05) is 0 Å². The number of unbranched alkanes of at least 4 members (excludes halogenated alkanes) is 20. The number of hydrogen-bond donors (Lipinski definition) is 2. The van der Waals surface area contributed by atoms with Crippen LogP contribution >= 0.6 is 0 Å². The van der Waals surface area contributed by atoms with E-state index in [0.717, 1.165) is 51.4 Å². The van der Waals surface area contributed by atoms with Gasteiger partial charge in [-0.15, -0.1) is 0 Å². The lowest BCUT2D eigenvalue weighted by Crippen LogP contribution is -2.31. The van der Waals surface area contributed by atoms with Crippen LogP contribution in [0.4, 0.5) is 0 Å². The van der Waals surface area contributed by atoms with Crippen LogP contribution in [-0.2, 0) is 9.59 Å². The van der Waals surface area contributed by atoms with Crippen LogP contribution in [0.25, 0.3) is 0 Å². The Morgan fingerprint density at radius 2 is 0.722 bits per heavy atom. The van der Waals surface area contributed by atoms with Crippen LogP contribution in [-0.4, -0.2) is 22.2 Å². The third kappa shape index (κ3) is 21.1. The Morgan fingerprint density at radius 3 is 1.00 bits per heavy atom. The van der Waals surface area contributed by atoms with Gasteiger partial charge in [0.1, 0.15) is 0 Å². The van der Waals surface area contributed by atoms with Crippen molar-refractivity contribution in [1.82, 2.24) is 0 Å². The molecular weight excluding hydrogens is 448 g/mol. The number of carboxylic acids is 2. The van der Waals surface area contributed by atoms with E-state index in [-0.39, 0.29) is 6.42 Å². The minimum atomic E-state index is -0.754. The summed E-state index contributed by atoms with van der Waals surface area (Å²) in [6.07, 6.45) is 30.1. The van der Waals surface area contributed by atoms with Crippen LogP contribution in [0.15, 0.2) is 0 Å². The van der Waals surface area contributed by atoms with Gasteiger partial charge in [-0.3, -0.25) is 9.59 Å². The molecule has 36 heavy (non-hydrogen) atoms. The highest BCUT2D eigenvalue weighted by Crippen LogP contribution is 2.38. The van der Waals surface area contributed by atoms with Gasteiger partial charge in [-0.1, -0.05) is 155 Å². The van der Waals surface area contributed by atoms with Crippen molar-refractivity contribution in [2.45, 2.75) is 187 Å². The van der Waals surface area contributed by atoms with Gasteiger partial charge in [-0.05, 0) is 25.7 Å². The fraction of sp³-hybridized carbons (Fsp3) is 0.938. The summed E-state index contributed by atoms with van der Waals surface area (Å²) in [4.78, 5) is 23.3. The van der Waals surface area contributed by atoms with Crippen molar-refractivity contribution in [2.24, 2.45) is 5.41 Å². The Bertz CT molecular complexity index is 478. The summed E-state index contributed by atoms with van der Waals surface area (Å²) in [5.74, 6) is -1.37. The SMILES string of the molecule is CCCCCCCCCCCCC(CCCCCCCCCCCC)(CCCCCC(=O)O)C(=O)O. The zero-order valence-electron chi connectivity index (χ0n) is 24.3. The number of carboxylic acid groups (broad SMARTS) is 2. The molecule has 4 heteroatoms. The molecule has 0 aromatic carbocycles. The van der Waals surface area contributed by atoms with Crippen molar-refractivity contribution in [3.8, 4) is 0 Å². The number of carbonyl (C=O) groups is 2. The number of aliphatic carboxylic acids is 2. The summed E-state index contributed by atoms with van der Waals surface area (Å²) in [6.45, 7) is 4.51. The summed E-state index contributed by atoms with van der Waals surface area (Å²) < 4.78 is 0. The van der Waals surface area contributed by atoms with E-state index in [2.05, 4.69) is 13.8 Å². The van der Waals surface area contributed by atoms with Crippen LogP contribution in [0.5, 0.6) is 0 Å². The van der Waals surface area contributed by atoms with Gasteiger partial charge in [0.15, 0.2) is 0 Å². The van der Waals surface area contributed by atoms with Crippen molar-refractivity contribution >= 4 is 11.9 Å². The minimum Gasteiger partial charge on any atom is -0.481 e. The largest absolute Gasteiger partial charge is 0.481 e. The smallest absolute Gasteiger partial charge is 0.309 e. The van der Waals surface area contributed by atoms with E-state index in [1.807, 2.05) is 0 Å². The molecule has 0 spiro atoms. The fourth-order valence-electron chi connectivity index (χ4n) is 5.51. The molecule has 0 aliphatic carbocycles. The molecule has 214 valence electrons. The second-order valence-electron chi connectivity index (χ2n) is 11.4. The third-order valence-corrected chi connectivity index (χ3v) is 8.02. The molecule has 0 atom stereocenters. The summed E-state index contributed by atoms with van der Waals surface area (Å²) in [5.41, 5.74) is -0.608. The van der Waals surface area contributed by atoms with E-state index in [1.165, 1.54) is 103 Å². The number of hydrogen-bond acceptors (Lipinski definition) is 2. The Hall–Kier alpha value is -1.06. The zero-order chi connectivity index (χ0) is 26.7. The van der Waals surface area contributed by atoms with Crippen LogP contribution in [0.2, 0.25) is 0 Å². The zero-order valence-corrected chi connectivity index (χ0v) is 24.3. The Morgan fingerprint density at radius 1 is 0.444 bits per heavy atom. The second-order valence-corrected chi connectivity index (χ2v) is 11.4. The number of rotatable bonds is 29. The molecule has 0 radical (unpaired) electrons. The van der Waals surface area contributed by atoms with Gasteiger partial charge < -0.3 is 10.2 Å². The molecule has 4 nitrogen and oxygen atoms in total. The monoisotopic (exact) mass is 510 g/mol. The van der Waals surface area contributed by atoms with Gasteiger partial charge in [0, 0.05) is 6.42 Å². The molecule has 0 aliphatic heterocycles.